The minimum atomic E-state index is -4.66. The lowest BCUT2D eigenvalue weighted by atomic mass is 9.94. The predicted molar refractivity (Wildman–Crippen MR) is 91.8 cm³/mol. The SMILES string of the molecule is FC(F)(F)c1nc(-c2ccc([C@H]3CCCN(Cc4cncnc4)C3)nc2)no1. The average Bonchev–Trinajstić information content (AvgIpc) is 3.20. The lowest BCUT2D eigenvalue weighted by Crippen LogP contribution is -2.34. The Morgan fingerprint density at radius 1 is 1.14 bits per heavy atom. The van der Waals surface area contributed by atoms with E-state index in [-0.39, 0.29) is 11.7 Å². The second kappa shape index (κ2) is 7.63. The minimum absolute atomic E-state index is 0.124. The molecule has 146 valence electrons. The molecular weight excluding hydrogens is 373 g/mol. The summed E-state index contributed by atoms with van der Waals surface area (Å²) in [5, 5.41) is 3.39. The lowest BCUT2D eigenvalue weighted by molar-refractivity contribution is -0.159. The monoisotopic (exact) mass is 390 g/mol. The van der Waals surface area contributed by atoms with Gasteiger partial charge in [0.15, 0.2) is 0 Å². The van der Waals surface area contributed by atoms with Crippen molar-refractivity contribution in [3.63, 3.8) is 0 Å². The summed E-state index contributed by atoms with van der Waals surface area (Å²) in [5.41, 5.74) is 2.35. The van der Waals surface area contributed by atoms with Crippen LogP contribution in [0.15, 0.2) is 41.6 Å². The first-order valence-electron chi connectivity index (χ1n) is 8.82. The number of rotatable bonds is 4. The van der Waals surface area contributed by atoms with E-state index in [0.717, 1.165) is 43.7 Å². The van der Waals surface area contributed by atoms with Gasteiger partial charge < -0.3 is 4.52 Å². The van der Waals surface area contributed by atoms with Crippen molar-refractivity contribution in [2.24, 2.45) is 0 Å². The molecule has 10 heteroatoms. The molecule has 0 bridgehead atoms. The van der Waals surface area contributed by atoms with Gasteiger partial charge >= 0.3 is 12.1 Å². The smallest absolute Gasteiger partial charge is 0.329 e. The molecule has 28 heavy (non-hydrogen) atoms. The third kappa shape index (κ3) is 4.16. The molecule has 7 nitrogen and oxygen atoms in total. The van der Waals surface area contributed by atoms with Crippen molar-refractivity contribution >= 4 is 0 Å². The van der Waals surface area contributed by atoms with E-state index in [2.05, 4.69) is 34.5 Å². The summed E-state index contributed by atoms with van der Waals surface area (Å²) < 4.78 is 42.0. The molecule has 0 aliphatic carbocycles. The molecular formula is C18H17F3N6O. The molecule has 0 amide bonds. The Labute approximate surface area is 158 Å². The number of halogens is 3. The number of alkyl halides is 3. The van der Waals surface area contributed by atoms with Gasteiger partial charge in [-0.15, -0.1) is 0 Å². The lowest BCUT2D eigenvalue weighted by Gasteiger charge is -2.32. The van der Waals surface area contributed by atoms with Crippen LogP contribution in [0.3, 0.4) is 0 Å². The first-order chi connectivity index (χ1) is 13.5. The van der Waals surface area contributed by atoms with E-state index in [1.807, 2.05) is 18.5 Å². The fourth-order valence-electron chi connectivity index (χ4n) is 3.35. The van der Waals surface area contributed by atoms with Crippen LogP contribution in [0.1, 0.15) is 35.9 Å². The second-order valence-electron chi connectivity index (χ2n) is 6.71. The van der Waals surface area contributed by atoms with Crippen LogP contribution in [0.25, 0.3) is 11.4 Å². The van der Waals surface area contributed by atoms with Crippen molar-refractivity contribution in [1.82, 2.24) is 30.0 Å². The van der Waals surface area contributed by atoms with Gasteiger partial charge in [0.05, 0.1) is 0 Å². The van der Waals surface area contributed by atoms with Crippen LogP contribution >= 0.6 is 0 Å². The molecule has 1 fully saturated rings. The van der Waals surface area contributed by atoms with Crippen molar-refractivity contribution < 1.29 is 17.7 Å². The maximum absolute atomic E-state index is 12.6. The van der Waals surface area contributed by atoms with E-state index < -0.39 is 12.1 Å². The number of hydrogen-bond acceptors (Lipinski definition) is 7. The number of aromatic nitrogens is 5. The van der Waals surface area contributed by atoms with Gasteiger partial charge in [0.1, 0.15) is 6.33 Å². The predicted octanol–water partition coefficient (Wildman–Crippen LogP) is 3.32. The average molecular weight is 390 g/mol. The molecule has 3 aromatic heterocycles. The summed E-state index contributed by atoms with van der Waals surface area (Å²) in [6, 6.07) is 3.50. The summed E-state index contributed by atoms with van der Waals surface area (Å²) in [7, 11) is 0. The molecule has 0 saturated carbocycles. The normalized spacial score (nSPS) is 18.3. The van der Waals surface area contributed by atoms with E-state index in [1.54, 1.807) is 6.07 Å². The van der Waals surface area contributed by atoms with Crippen LogP contribution in [0.2, 0.25) is 0 Å². The standard InChI is InChI=1S/C18H17F3N6O/c19-18(20,21)17-25-16(26-28-17)13-3-4-15(24-8-13)14-2-1-5-27(10-14)9-12-6-22-11-23-7-12/h3-4,6-8,11,14H,1-2,5,9-10H2/t14-/m0/s1. The molecule has 3 aromatic rings. The van der Waals surface area contributed by atoms with Crippen LogP contribution in [0, 0.1) is 0 Å². The van der Waals surface area contributed by atoms with Gasteiger partial charge in [-0.05, 0) is 31.5 Å². The molecule has 4 rings (SSSR count). The fourth-order valence-corrected chi connectivity index (χ4v) is 3.35. The summed E-state index contributed by atoms with van der Waals surface area (Å²) in [5.74, 6) is -1.23. The number of hydrogen-bond donors (Lipinski definition) is 0. The highest BCUT2D eigenvalue weighted by atomic mass is 19.4. The quantitative estimate of drug-likeness (QED) is 0.676. The van der Waals surface area contributed by atoms with Crippen molar-refractivity contribution in [1.29, 1.82) is 0 Å². The molecule has 1 saturated heterocycles. The maximum atomic E-state index is 12.6. The van der Waals surface area contributed by atoms with E-state index in [4.69, 9.17) is 0 Å². The van der Waals surface area contributed by atoms with Gasteiger partial charge in [0, 0.05) is 54.4 Å². The molecule has 1 atom stereocenters. The molecule has 0 aromatic carbocycles. The third-order valence-corrected chi connectivity index (χ3v) is 4.66. The highest BCUT2D eigenvalue weighted by Crippen LogP contribution is 2.30. The van der Waals surface area contributed by atoms with Crippen molar-refractivity contribution in [3.05, 3.63) is 54.2 Å². The molecule has 0 spiro atoms. The van der Waals surface area contributed by atoms with Gasteiger partial charge in [-0.25, -0.2) is 9.97 Å². The number of pyridine rings is 1. The van der Waals surface area contributed by atoms with E-state index in [1.165, 1.54) is 12.5 Å². The number of piperidine rings is 1. The number of likely N-dealkylation sites (tertiary alicyclic amines) is 1. The van der Waals surface area contributed by atoms with Crippen LogP contribution in [-0.4, -0.2) is 43.1 Å². The molecule has 1 aliphatic rings. The summed E-state index contributed by atoms with van der Waals surface area (Å²) in [6.07, 6.45) is 4.01. The summed E-state index contributed by atoms with van der Waals surface area (Å²) in [6.45, 7) is 2.62. The zero-order valence-corrected chi connectivity index (χ0v) is 14.8. The Morgan fingerprint density at radius 3 is 2.64 bits per heavy atom. The maximum Gasteiger partial charge on any atom is 0.471 e. The Balaban J connectivity index is 1.44. The van der Waals surface area contributed by atoms with E-state index in [9.17, 15) is 13.2 Å². The fraction of sp³-hybridized carbons (Fsp3) is 0.389. The Bertz CT molecular complexity index is 913. The molecule has 0 N–H and O–H groups in total. The molecule has 4 heterocycles. The van der Waals surface area contributed by atoms with Gasteiger partial charge in [0.25, 0.3) is 0 Å². The van der Waals surface area contributed by atoms with Gasteiger partial charge in [-0.1, -0.05) is 5.16 Å². The highest BCUT2D eigenvalue weighted by Gasteiger charge is 2.38. The van der Waals surface area contributed by atoms with Gasteiger partial charge in [0.2, 0.25) is 5.82 Å². The minimum Gasteiger partial charge on any atom is -0.329 e. The largest absolute Gasteiger partial charge is 0.471 e. The van der Waals surface area contributed by atoms with E-state index >= 15 is 0 Å². The van der Waals surface area contributed by atoms with Crippen LogP contribution in [0.4, 0.5) is 13.2 Å². The molecule has 1 aliphatic heterocycles. The zero-order chi connectivity index (χ0) is 19.6. The van der Waals surface area contributed by atoms with Gasteiger partial charge in [-0.3, -0.25) is 9.88 Å². The van der Waals surface area contributed by atoms with Crippen molar-refractivity contribution in [2.75, 3.05) is 13.1 Å². The highest BCUT2D eigenvalue weighted by molar-refractivity contribution is 5.52. The van der Waals surface area contributed by atoms with Crippen molar-refractivity contribution in [3.8, 4) is 11.4 Å². The first-order valence-corrected chi connectivity index (χ1v) is 8.82. The first kappa shape index (κ1) is 18.5. The van der Waals surface area contributed by atoms with Crippen LogP contribution < -0.4 is 0 Å². The number of nitrogens with zero attached hydrogens (tertiary/aromatic N) is 6. The van der Waals surface area contributed by atoms with E-state index in [0.29, 0.717) is 5.56 Å². The second-order valence-corrected chi connectivity index (χ2v) is 6.71. The van der Waals surface area contributed by atoms with Crippen LogP contribution in [-0.2, 0) is 12.7 Å². The topological polar surface area (TPSA) is 80.8 Å². The molecule has 0 unspecified atom stereocenters. The third-order valence-electron chi connectivity index (χ3n) is 4.66. The summed E-state index contributed by atoms with van der Waals surface area (Å²) >= 11 is 0. The summed E-state index contributed by atoms with van der Waals surface area (Å²) in [4.78, 5) is 18.2. The van der Waals surface area contributed by atoms with Crippen LogP contribution in [0.5, 0.6) is 0 Å². The Morgan fingerprint density at radius 2 is 1.96 bits per heavy atom. The van der Waals surface area contributed by atoms with Gasteiger partial charge in [-0.2, -0.15) is 18.2 Å². The Hall–Kier alpha value is -2.88. The van der Waals surface area contributed by atoms with Crippen molar-refractivity contribution in [2.45, 2.75) is 31.5 Å². The Kier molecular flexibility index (Phi) is 5.03. The zero-order valence-electron chi connectivity index (χ0n) is 14.8. The molecule has 0 radical (unpaired) electrons.